The molecule has 0 amide bonds. The van der Waals surface area contributed by atoms with Gasteiger partial charge in [0.25, 0.3) is 0 Å². The summed E-state index contributed by atoms with van der Waals surface area (Å²) in [7, 11) is 0. The van der Waals surface area contributed by atoms with E-state index in [0.717, 1.165) is 30.1 Å². The average molecular weight is 312 g/mol. The number of hydrogen-bond donors (Lipinski definition) is 0. The third-order valence-electron chi connectivity index (χ3n) is 3.59. The molecule has 4 heteroatoms. The van der Waals surface area contributed by atoms with E-state index in [9.17, 15) is 4.79 Å². The van der Waals surface area contributed by atoms with Crippen LogP contribution in [0.4, 0.5) is 0 Å². The molecule has 0 radical (unpaired) electrons. The van der Waals surface area contributed by atoms with Gasteiger partial charge in [-0.25, -0.2) is 0 Å². The van der Waals surface area contributed by atoms with Crippen LogP contribution >= 0.6 is 0 Å². The van der Waals surface area contributed by atoms with Crippen molar-refractivity contribution in [3.63, 3.8) is 0 Å². The fraction of sp³-hybridized carbons (Fsp3) is 0.316. The van der Waals surface area contributed by atoms with Crippen molar-refractivity contribution < 1.29 is 18.7 Å². The highest BCUT2D eigenvalue weighted by molar-refractivity contribution is 5.96. The molecule has 1 aromatic carbocycles. The van der Waals surface area contributed by atoms with E-state index in [1.807, 2.05) is 43.3 Å². The molecule has 2 aromatic rings. The molecule has 0 spiro atoms. The minimum Gasteiger partial charge on any atom is -0.494 e. The Morgan fingerprint density at radius 2 is 1.83 bits per heavy atom. The first-order chi connectivity index (χ1) is 11.2. The van der Waals surface area contributed by atoms with Gasteiger partial charge in [-0.15, -0.1) is 0 Å². The molecule has 23 heavy (non-hydrogen) atoms. The van der Waals surface area contributed by atoms with Crippen LogP contribution in [-0.2, 0) is 11.4 Å². The van der Waals surface area contributed by atoms with Crippen molar-refractivity contribution in [3.8, 4) is 11.5 Å². The third kappa shape index (κ3) is 4.49. The molecule has 3 rings (SSSR count). The number of furan rings is 1. The summed E-state index contributed by atoms with van der Waals surface area (Å²) >= 11 is 0. The van der Waals surface area contributed by atoms with E-state index >= 15 is 0 Å². The van der Waals surface area contributed by atoms with Crippen molar-refractivity contribution >= 4 is 11.9 Å². The zero-order chi connectivity index (χ0) is 16.1. The number of rotatable bonds is 8. The van der Waals surface area contributed by atoms with Gasteiger partial charge >= 0.3 is 0 Å². The van der Waals surface area contributed by atoms with E-state index < -0.39 is 0 Å². The molecule has 0 bridgehead atoms. The molecule has 1 aliphatic rings. The number of ether oxygens (including phenoxy) is 2. The van der Waals surface area contributed by atoms with Crippen molar-refractivity contribution in [1.82, 2.24) is 0 Å². The Balaban J connectivity index is 1.51. The highest BCUT2D eigenvalue weighted by Crippen LogP contribution is 2.30. The van der Waals surface area contributed by atoms with Crippen molar-refractivity contribution in [1.29, 1.82) is 0 Å². The van der Waals surface area contributed by atoms with Crippen LogP contribution in [0.15, 0.2) is 46.9 Å². The molecule has 1 aliphatic carbocycles. The molecule has 1 aromatic heterocycles. The smallest absolute Gasteiger partial charge is 0.158 e. The first kappa shape index (κ1) is 15.4. The molecular formula is C19H20O4. The van der Waals surface area contributed by atoms with Crippen LogP contribution in [-0.4, -0.2) is 12.4 Å². The standard InChI is InChI=1S/C19H20O4/c1-2-21-15-5-7-16(8-6-15)22-13-18-10-9-17(23-18)11-12-19(20)14-3-4-14/h5-12,14H,2-4,13H2,1H3/b12-11+. The highest BCUT2D eigenvalue weighted by atomic mass is 16.5. The second-order valence-corrected chi connectivity index (χ2v) is 5.51. The first-order valence-electron chi connectivity index (χ1n) is 7.91. The second-order valence-electron chi connectivity index (χ2n) is 5.51. The maximum atomic E-state index is 11.6. The molecule has 0 aliphatic heterocycles. The summed E-state index contributed by atoms with van der Waals surface area (Å²) in [5.41, 5.74) is 0. The lowest BCUT2D eigenvalue weighted by Gasteiger charge is -2.06. The average Bonchev–Trinajstić information content (AvgIpc) is 3.32. The Labute approximate surface area is 135 Å². The molecular weight excluding hydrogens is 292 g/mol. The number of hydrogen-bond acceptors (Lipinski definition) is 4. The van der Waals surface area contributed by atoms with Crippen molar-refractivity contribution in [2.45, 2.75) is 26.4 Å². The van der Waals surface area contributed by atoms with Crippen LogP contribution in [0.2, 0.25) is 0 Å². The molecule has 1 saturated carbocycles. The molecule has 0 atom stereocenters. The van der Waals surface area contributed by atoms with E-state index in [1.54, 1.807) is 12.2 Å². The summed E-state index contributed by atoms with van der Waals surface area (Å²) in [5.74, 6) is 3.40. The number of carbonyl (C=O) groups excluding carboxylic acids is 1. The quantitative estimate of drug-likeness (QED) is 0.684. The van der Waals surface area contributed by atoms with Gasteiger partial charge in [-0.3, -0.25) is 4.79 Å². The largest absolute Gasteiger partial charge is 0.494 e. The highest BCUT2D eigenvalue weighted by Gasteiger charge is 2.27. The van der Waals surface area contributed by atoms with Crippen LogP contribution in [0.3, 0.4) is 0 Å². The van der Waals surface area contributed by atoms with Crippen LogP contribution in [0.25, 0.3) is 6.08 Å². The Kier molecular flexibility index (Phi) is 4.81. The fourth-order valence-electron chi connectivity index (χ4n) is 2.18. The van der Waals surface area contributed by atoms with Gasteiger partial charge in [-0.2, -0.15) is 0 Å². The van der Waals surface area contributed by atoms with E-state index in [4.69, 9.17) is 13.9 Å². The maximum Gasteiger partial charge on any atom is 0.158 e. The zero-order valence-electron chi connectivity index (χ0n) is 13.2. The SMILES string of the molecule is CCOc1ccc(OCc2ccc(/C=C/C(=O)C3CC3)o2)cc1. The van der Waals surface area contributed by atoms with Crippen LogP contribution in [0.1, 0.15) is 31.3 Å². The predicted molar refractivity (Wildman–Crippen MR) is 87.4 cm³/mol. The summed E-state index contributed by atoms with van der Waals surface area (Å²) in [4.78, 5) is 11.6. The second kappa shape index (κ2) is 7.18. The summed E-state index contributed by atoms with van der Waals surface area (Å²) in [5, 5.41) is 0. The van der Waals surface area contributed by atoms with Gasteiger partial charge in [-0.05, 0) is 68.3 Å². The van der Waals surface area contributed by atoms with Gasteiger partial charge in [0.2, 0.25) is 0 Å². The third-order valence-corrected chi connectivity index (χ3v) is 3.59. The van der Waals surface area contributed by atoms with E-state index in [1.165, 1.54) is 0 Å². The van der Waals surface area contributed by atoms with Gasteiger partial charge in [0, 0.05) is 5.92 Å². The minimum atomic E-state index is 0.189. The van der Waals surface area contributed by atoms with Crippen molar-refractivity contribution in [2.75, 3.05) is 6.61 Å². The molecule has 4 nitrogen and oxygen atoms in total. The lowest BCUT2D eigenvalue weighted by molar-refractivity contribution is -0.115. The lowest BCUT2D eigenvalue weighted by Crippen LogP contribution is -1.95. The Bertz CT molecular complexity index is 678. The lowest BCUT2D eigenvalue weighted by atomic mass is 10.2. The monoisotopic (exact) mass is 312 g/mol. The number of ketones is 1. The molecule has 1 heterocycles. The minimum absolute atomic E-state index is 0.189. The summed E-state index contributed by atoms with van der Waals surface area (Å²) in [6.07, 6.45) is 5.36. The molecule has 120 valence electrons. The summed E-state index contributed by atoms with van der Waals surface area (Å²) < 4.78 is 16.7. The van der Waals surface area contributed by atoms with Crippen molar-refractivity contribution in [3.05, 3.63) is 54.0 Å². The Hall–Kier alpha value is -2.49. The number of benzene rings is 1. The number of carbonyl (C=O) groups is 1. The Morgan fingerprint density at radius 3 is 2.48 bits per heavy atom. The maximum absolute atomic E-state index is 11.6. The van der Waals surface area contributed by atoms with Crippen LogP contribution in [0, 0.1) is 5.92 Å². The topological polar surface area (TPSA) is 48.7 Å². The van der Waals surface area contributed by atoms with E-state index in [2.05, 4.69) is 0 Å². The molecule has 0 N–H and O–H groups in total. The normalized spacial score (nSPS) is 14.1. The predicted octanol–water partition coefficient (Wildman–Crippen LogP) is 4.25. The first-order valence-corrected chi connectivity index (χ1v) is 7.91. The Morgan fingerprint density at radius 1 is 1.13 bits per heavy atom. The van der Waals surface area contributed by atoms with Gasteiger partial charge < -0.3 is 13.9 Å². The van der Waals surface area contributed by atoms with E-state index in [-0.39, 0.29) is 11.7 Å². The van der Waals surface area contributed by atoms with Gasteiger partial charge in [0.05, 0.1) is 6.61 Å². The van der Waals surface area contributed by atoms with Gasteiger partial charge in [0.15, 0.2) is 5.78 Å². The molecule has 1 fully saturated rings. The summed E-state index contributed by atoms with van der Waals surface area (Å²) in [6, 6.07) is 11.2. The van der Waals surface area contributed by atoms with Crippen LogP contribution in [0.5, 0.6) is 11.5 Å². The molecule has 0 saturated heterocycles. The number of allylic oxidation sites excluding steroid dienone is 1. The summed E-state index contributed by atoms with van der Waals surface area (Å²) in [6.45, 7) is 2.94. The fourth-order valence-corrected chi connectivity index (χ4v) is 2.18. The van der Waals surface area contributed by atoms with Crippen molar-refractivity contribution in [2.24, 2.45) is 5.92 Å². The van der Waals surface area contributed by atoms with Crippen LogP contribution < -0.4 is 9.47 Å². The van der Waals surface area contributed by atoms with E-state index in [0.29, 0.717) is 19.0 Å². The van der Waals surface area contributed by atoms with Gasteiger partial charge in [-0.1, -0.05) is 0 Å². The molecule has 0 unspecified atom stereocenters. The zero-order valence-corrected chi connectivity index (χ0v) is 13.2. The van der Waals surface area contributed by atoms with Gasteiger partial charge in [0.1, 0.15) is 29.6 Å².